The SMILES string of the molecule is C=CC(=O)N(CC)CC(=O)NC(CC)c1ncc(-c2ccccc2)[nH]1. The summed E-state index contributed by atoms with van der Waals surface area (Å²) >= 11 is 0. The summed E-state index contributed by atoms with van der Waals surface area (Å²) in [5, 5.41) is 2.93. The monoisotopic (exact) mass is 340 g/mol. The van der Waals surface area contributed by atoms with Crippen molar-refractivity contribution >= 4 is 11.8 Å². The lowest BCUT2D eigenvalue weighted by Crippen LogP contribution is -2.41. The second-order valence-electron chi connectivity index (χ2n) is 5.63. The molecular formula is C19H24N4O2. The van der Waals surface area contributed by atoms with E-state index >= 15 is 0 Å². The molecule has 2 rings (SSSR count). The maximum atomic E-state index is 12.3. The Hall–Kier alpha value is -2.89. The number of nitrogens with zero attached hydrogens (tertiary/aromatic N) is 2. The van der Waals surface area contributed by atoms with E-state index in [0.717, 1.165) is 11.3 Å². The summed E-state index contributed by atoms with van der Waals surface area (Å²) in [5.41, 5.74) is 1.94. The van der Waals surface area contributed by atoms with Crippen LogP contribution in [0.3, 0.4) is 0 Å². The van der Waals surface area contributed by atoms with Crippen LogP contribution in [0.5, 0.6) is 0 Å². The van der Waals surface area contributed by atoms with Gasteiger partial charge in [-0.25, -0.2) is 4.98 Å². The zero-order valence-corrected chi connectivity index (χ0v) is 14.7. The van der Waals surface area contributed by atoms with E-state index in [0.29, 0.717) is 18.8 Å². The fourth-order valence-corrected chi connectivity index (χ4v) is 2.53. The van der Waals surface area contributed by atoms with Crippen LogP contribution in [0.25, 0.3) is 11.3 Å². The van der Waals surface area contributed by atoms with Crippen molar-refractivity contribution in [1.82, 2.24) is 20.2 Å². The molecule has 132 valence electrons. The van der Waals surface area contributed by atoms with Gasteiger partial charge in [-0.05, 0) is 25.0 Å². The van der Waals surface area contributed by atoms with E-state index in [-0.39, 0.29) is 24.4 Å². The number of aromatic amines is 1. The molecule has 6 nitrogen and oxygen atoms in total. The third-order valence-corrected chi connectivity index (χ3v) is 3.96. The molecule has 0 saturated heterocycles. The maximum absolute atomic E-state index is 12.3. The molecular weight excluding hydrogens is 316 g/mol. The van der Waals surface area contributed by atoms with Crippen molar-refractivity contribution in [2.24, 2.45) is 0 Å². The van der Waals surface area contributed by atoms with Gasteiger partial charge in [0.05, 0.1) is 24.5 Å². The molecule has 0 radical (unpaired) electrons. The lowest BCUT2D eigenvalue weighted by molar-refractivity contribution is -0.132. The van der Waals surface area contributed by atoms with Crippen molar-refractivity contribution < 1.29 is 9.59 Å². The van der Waals surface area contributed by atoms with E-state index in [2.05, 4.69) is 21.9 Å². The van der Waals surface area contributed by atoms with Gasteiger partial charge in [0.15, 0.2) is 0 Å². The predicted molar refractivity (Wildman–Crippen MR) is 97.6 cm³/mol. The highest BCUT2D eigenvalue weighted by Gasteiger charge is 2.19. The number of carbonyl (C=O) groups excluding carboxylic acids is 2. The van der Waals surface area contributed by atoms with Crippen LogP contribution in [0.1, 0.15) is 32.1 Å². The summed E-state index contributed by atoms with van der Waals surface area (Å²) in [5.74, 6) is 0.226. The second-order valence-corrected chi connectivity index (χ2v) is 5.63. The molecule has 0 saturated carbocycles. The highest BCUT2D eigenvalue weighted by molar-refractivity contribution is 5.90. The van der Waals surface area contributed by atoms with Gasteiger partial charge in [0.1, 0.15) is 5.82 Å². The Morgan fingerprint density at radius 2 is 2.04 bits per heavy atom. The Bertz CT molecular complexity index is 724. The van der Waals surface area contributed by atoms with Gasteiger partial charge < -0.3 is 15.2 Å². The lowest BCUT2D eigenvalue weighted by Gasteiger charge is -2.21. The normalized spacial score (nSPS) is 11.6. The lowest BCUT2D eigenvalue weighted by atomic mass is 10.2. The number of H-pyrrole nitrogens is 1. The first-order valence-corrected chi connectivity index (χ1v) is 8.40. The summed E-state index contributed by atoms with van der Waals surface area (Å²) in [7, 11) is 0. The summed E-state index contributed by atoms with van der Waals surface area (Å²) in [6.45, 7) is 7.71. The van der Waals surface area contributed by atoms with E-state index in [1.807, 2.05) is 44.2 Å². The predicted octanol–water partition coefficient (Wildman–Crippen LogP) is 2.68. The van der Waals surface area contributed by atoms with Crippen LogP contribution in [0.15, 0.2) is 49.2 Å². The van der Waals surface area contributed by atoms with Gasteiger partial charge in [-0.3, -0.25) is 9.59 Å². The molecule has 0 fully saturated rings. The molecule has 0 aliphatic rings. The van der Waals surface area contributed by atoms with Crippen molar-refractivity contribution in [2.75, 3.05) is 13.1 Å². The highest BCUT2D eigenvalue weighted by atomic mass is 16.2. The molecule has 0 spiro atoms. The summed E-state index contributed by atoms with van der Waals surface area (Å²) in [6.07, 6.45) is 3.67. The van der Waals surface area contributed by atoms with Crippen molar-refractivity contribution in [1.29, 1.82) is 0 Å². The molecule has 0 aliphatic carbocycles. The van der Waals surface area contributed by atoms with E-state index in [1.54, 1.807) is 6.20 Å². The fourth-order valence-electron chi connectivity index (χ4n) is 2.53. The van der Waals surface area contributed by atoms with Gasteiger partial charge >= 0.3 is 0 Å². The number of likely N-dealkylation sites (N-methyl/N-ethyl adjacent to an activating group) is 1. The van der Waals surface area contributed by atoms with Crippen LogP contribution in [0.4, 0.5) is 0 Å². The smallest absolute Gasteiger partial charge is 0.246 e. The van der Waals surface area contributed by atoms with E-state index < -0.39 is 0 Å². The first-order valence-electron chi connectivity index (χ1n) is 8.40. The topological polar surface area (TPSA) is 78.1 Å². The molecule has 0 aliphatic heterocycles. The van der Waals surface area contributed by atoms with Crippen LogP contribution in [0.2, 0.25) is 0 Å². The fraction of sp³-hybridized carbons (Fsp3) is 0.316. The first-order chi connectivity index (χ1) is 12.1. The summed E-state index contributed by atoms with van der Waals surface area (Å²) in [6, 6.07) is 9.64. The average Bonchev–Trinajstić information content (AvgIpc) is 3.14. The minimum absolute atomic E-state index is 0.00407. The van der Waals surface area contributed by atoms with Crippen LogP contribution >= 0.6 is 0 Å². The van der Waals surface area contributed by atoms with E-state index in [4.69, 9.17) is 0 Å². The molecule has 1 atom stereocenters. The zero-order valence-electron chi connectivity index (χ0n) is 14.7. The Labute approximate surface area is 148 Å². The van der Waals surface area contributed by atoms with Gasteiger partial charge in [-0.2, -0.15) is 0 Å². The number of benzene rings is 1. The molecule has 2 aromatic rings. The van der Waals surface area contributed by atoms with Crippen molar-refractivity contribution in [3.05, 3.63) is 55.0 Å². The minimum atomic E-state index is -0.255. The second kappa shape index (κ2) is 8.82. The molecule has 0 bridgehead atoms. The largest absolute Gasteiger partial charge is 0.345 e. The van der Waals surface area contributed by atoms with Gasteiger partial charge in [-0.1, -0.05) is 43.8 Å². The molecule has 2 amide bonds. The molecule has 6 heteroatoms. The van der Waals surface area contributed by atoms with Crippen LogP contribution in [0, 0.1) is 0 Å². The van der Waals surface area contributed by atoms with Gasteiger partial charge in [0.25, 0.3) is 0 Å². The maximum Gasteiger partial charge on any atom is 0.246 e. The summed E-state index contributed by atoms with van der Waals surface area (Å²) in [4.78, 5) is 33.0. The molecule has 25 heavy (non-hydrogen) atoms. The Balaban J connectivity index is 2.05. The minimum Gasteiger partial charge on any atom is -0.345 e. The molecule has 1 unspecified atom stereocenters. The molecule has 2 N–H and O–H groups in total. The third kappa shape index (κ3) is 4.79. The average molecular weight is 340 g/mol. The van der Waals surface area contributed by atoms with E-state index in [1.165, 1.54) is 11.0 Å². The Morgan fingerprint density at radius 1 is 1.32 bits per heavy atom. The Morgan fingerprint density at radius 3 is 2.64 bits per heavy atom. The number of carbonyl (C=O) groups is 2. The number of imidazole rings is 1. The van der Waals surface area contributed by atoms with Gasteiger partial charge in [0, 0.05) is 6.54 Å². The number of hydrogen-bond acceptors (Lipinski definition) is 3. The van der Waals surface area contributed by atoms with Gasteiger partial charge in [-0.15, -0.1) is 0 Å². The quantitative estimate of drug-likeness (QED) is 0.725. The van der Waals surface area contributed by atoms with Gasteiger partial charge in [0.2, 0.25) is 11.8 Å². The number of aromatic nitrogens is 2. The van der Waals surface area contributed by atoms with Crippen LogP contribution < -0.4 is 5.32 Å². The molecule has 1 aromatic carbocycles. The summed E-state index contributed by atoms with van der Waals surface area (Å²) < 4.78 is 0. The number of nitrogens with one attached hydrogen (secondary N) is 2. The zero-order chi connectivity index (χ0) is 18.2. The van der Waals surface area contributed by atoms with Crippen molar-refractivity contribution in [2.45, 2.75) is 26.3 Å². The highest BCUT2D eigenvalue weighted by Crippen LogP contribution is 2.20. The Kier molecular flexibility index (Phi) is 6.51. The van der Waals surface area contributed by atoms with Crippen molar-refractivity contribution in [3.63, 3.8) is 0 Å². The molecule has 1 heterocycles. The first kappa shape index (κ1) is 18.4. The number of amides is 2. The van der Waals surface area contributed by atoms with Crippen molar-refractivity contribution in [3.8, 4) is 11.3 Å². The number of hydrogen-bond donors (Lipinski definition) is 2. The third-order valence-electron chi connectivity index (χ3n) is 3.96. The van der Waals surface area contributed by atoms with Crippen LogP contribution in [-0.4, -0.2) is 39.8 Å². The van der Waals surface area contributed by atoms with E-state index in [9.17, 15) is 9.59 Å². The standard InChI is InChI=1S/C19H24N4O2/c1-4-15(21-17(24)13-23(6-3)18(25)5-2)19-20-12-16(22-19)14-10-8-7-9-11-14/h5,7-12,15H,2,4,6,13H2,1,3H3,(H,20,22)(H,21,24). The van der Waals surface area contributed by atoms with Crippen LogP contribution in [-0.2, 0) is 9.59 Å². The number of rotatable bonds is 8. The molecule has 1 aromatic heterocycles.